The quantitative estimate of drug-likeness (QED) is 0.837. The number of fused-ring (bicyclic) bond motifs is 1. The van der Waals surface area contributed by atoms with Crippen molar-refractivity contribution in [2.75, 3.05) is 16.9 Å². The second-order valence-electron chi connectivity index (χ2n) is 6.74. The van der Waals surface area contributed by atoms with Crippen LogP contribution in [0.5, 0.6) is 0 Å². The Morgan fingerprint density at radius 2 is 2.08 bits per heavy atom. The third kappa shape index (κ3) is 3.92. The molecular weight excluding hydrogens is 338 g/mol. The topological polar surface area (TPSA) is 72.3 Å². The first-order valence-corrected chi connectivity index (χ1v) is 10.4. The molecule has 1 aliphatic rings. The summed E-state index contributed by atoms with van der Waals surface area (Å²) >= 11 is 0. The van der Waals surface area contributed by atoms with Crippen molar-refractivity contribution < 1.29 is 13.2 Å². The third-order valence-corrected chi connectivity index (χ3v) is 5.53. The van der Waals surface area contributed by atoms with Crippen LogP contribution in [0, 0.1) is 0 Å². The van der Waals surface area contributed by atoms with Crippen molar-refractivity contribution in [3.05, 3.63) is 36.2 Å². The maximum absolute atomic E-state index is 11.9. The maximum Gasteiger partial charge on any atom is 0.224 e. The minimum atomic E-state index is -3.01. The van der Waals surface area contributed by atoms with Gasteiger partial charge in [0.1, 0.15) is 9.84 Å². The Labute approximate surface area is 148 Å². The first kappa shape index (κ1) is 17.7. The Kier molecular flexibility index (Phi) is 4.69. The number of benzene rings is 1. The molecule has 3 rings (SSSR count). The van der Waals surface area contributed by atoms with Gasteiger partial charge in [-0.3, -0.25) is 9.48 Å². The Bertz CT molecular complexity index is 902. The van der Waals surface area contributed by atoms with E-state index in [1.165, 1.54) is 6.26 Å². The zero-order chi connectivity index (χ0) is 18.2. The molecular formula is C18H23N3O3S. The minimum Gasteiger partial charge on any atom is -0.310 e. The normalized spacial score (nSPS) is 17.4. The molecule has 2 heterocycles. The molecule has 0 fully saturated rings. The maximum atomic E-state index is 11.9. The predicted molar refractivity (Wildman–Crippen MR) is 98.3 cm³/mol. The molecule has 0 bridgehead atoms. The van der Waals surface area contributed by atoms with Gasteiger partial charge in [0.2, 0.25) is 5.91 Å². The number of sulfone groups is 1. The second kappa shape index (κ2) is 6.63. The SMILES string of the molecule is CC(=O)N1c2ccc(-c3cnn(CCS(C)(=O)=O)c3)cc2CC[C@@H]1C. The lowest BCUT2D eigenvalue weighted by Gasteiger charge is -2.34. The van der Waals surface area contributed by atoms with Gasteiger partial charge in [-0.1, -0.05) is 6.07 Å². The van der Waals surface area contributed by atoms with E-state index >= 15 is 0 Å². The zero-order valence-corrected chi connectivity index (χ0v) is 15.6. The Morgan fingerprint density at radius 1 is 1.32 bits per heavy atom. The van der Waals surface area contributed by atoms with Crippen LogP contribution in [0.15, 0.2) is 30.6 Å². The van der Waals surface area contributed by atoms with Gasteiger partial charge in [-0.15, -0.1) is 0 Å². The summed E-state index contributed by atoms with van der Waals surface area (Å²) < 4.78 is 24.2. The Morgan fingerprint density at radius 3 is 2.76 bits per heavy atom. The van der Waals surface area contributed by atoms with E-state index in [-0.39, 0.29) is 17.7 Å². The van der Waals surface area contributed by atoms with Crippen LogP contribution in [0.2, 0.25) is 0 Å². The van der Waals surface area contributed by atoms with Crippen molar-refractivity contribution in [2.24, 2.45) is 0 Å². The second-order valence-corrected chi connectivity index (χ2v) is 9.00. The summed E-state index contributed by atoms with van der Waals surface area (Å²) in [5.41, 5.74) is 4.13. The number of amides is 1. The molecule has 25 heavy (non-hydrogen) atoms. The van der Waals surface area contributed by atoms with Crippen LogP contribution in [-0.2, 0) is 27.6 Å². The molecule has 1 aliphatic heterocycles. The van der Waals surface area contributed by atoms with E-state index < -0.39 is 9.84 Å². The summed E-state index contributed by atoms with van der Waals surface area (Å²) in [6.07, 6.45) is 6.72. The van der Waals surface area contributed by atoms with Crippen molar-refractivity contribution >= 4 is 21.4 Å². The van der Waals surface area contributed by atoms with Crippen molar-refractivity contribution in [3.8, 4) is 11.1 Å². The number of hydrogen-bond acceptors (Lipinski definition) is 4. The summed E-state index contributed by atoms with van der Waals surface area (Å²) in [6.45, 7) is 4.02. The summed E-state index contributed by atoms with van der Waals surface area (Å²) in [5.74, 6) is 0.138. The largest absolute Gasteiger partial charge is 0.310 e. The molecule has 6 nitrogen and oxygen atoms in total. The monoisotopic (exact) mass is 361 g/mol. The minimum absolute atomic E-state index is 0.0646. The number of nitrogens with zero attached hydrogens (tertiary/aromatic N) is 3. The molecule has 1 aromatic heterocycles. The number of carbonyl (C=O) groups is 1. The molecule has 134 valence electrons. The van der Waals surface area contributed by atoms with E-state index in [4.69, 9.17) is 0 Å². The number of aromatic nitrogens is 2. The molecule has 1 amide bonds. The number of rotatable bonds is 4. The first-order valence-electron chi connectivity index (χ1n) is 8.38. The highest BCUT2D eigenvalue weighted by atomic mass is 32.2. The molecule has 1 aromatic carbocycles. The van der Waals surface area contributed by atoms with Crippen LogP contribution in [0.3, 0.4) is 0 Å². The summed E-state index contributed by atoms with van der Waals surface area (Å²) in [7, 11) is -3.01. The summed E-state index contributed by atoms with van der Waals surface area (Å²) in [5, 5.41) is 4.25. The van der Waals surface area contributed by atoms with E-state index in [1.54, 1.807) is 17.8 Å². The fraction of sp³-hybridized carbons (Fsp3) is 0.444. The molecule has 0 spiro atoms. The van der Waals surface area contributed by atoms with Gasteiger partial charge in [-0.25, -0.2) is 8.42 Å². The average molecular weight is 361 g/mol. The molecule has 0 saturated heterocycles. The van der Waals surface area contributed by atoms with E-state index in [0.29, 0.717) is 6.54 Å². The predicted octanol–water partition coefficient (Wildman–Crippen LogP) is 2.28. The molecule has 1 atom stereocenters. The fourth-order valence-electron chi connectivity index (χ4n) is 3.31. The van der Waals surface area contributed by atoms with Crippen LogP contribution in [0.1, 0.15) is 25.8 Å². The molecule has 0 unspecified atom stereocenters. The van der Waals surface area contributed by atoms with E-state index in [2.05, 4.69) is 18.1 Å². The number of hydrogen-bond donors (Lipinski definition) is 0. The van der Waals surface area contributed by atoms with E-state index in [1.807, 2.05) is 23.2 Å². The van der Waals surface area contributed by atoms with Crippen molar-refractivity contribution in [1.82, 2.24) is 9.78 Å². The highest BCUT2D eigenvalue weighted by Crippen LogP contribution is 2.34. The highest BCUT2D eigenvalue weighted by Gasteiger charge is 2.26. The van der Waals surface area contributed by atoms with Gasteiger partial charge in [-0.2, -0.15) is 5.10 Å². The standard InChI is InChI=1S/C18H23N3O3S/c1-13-4-5-16-10-15(6-7-18(16)21(13)14(2)22)17-11-19-20(12-17)8-9-25(3,23)24/h6-7,10-13H,4-5,8-9H2,1-3H3/t13-/m0/s1. The lowest BCUT2D eigenvalue weighted by atomic mass is 9.94. The van der Waals surface area contributed by atoms with E-state index in [9.17, 15) is 13.2 Å². The van der Waals surface area contributed by atoms with Crippen LogP contribution in [0.4, 0.5) is 5.69 Å². The fourth-order valence-corrected chi connectivity index (χ4v) is 3.82. The lowest BCUT2D eigenvalue weighted by Crippen LogP contribution is -2.40. The summed E-state index contributed by atoms with van der Waals surface area (Å²) in [6, 6.07) is 6.31. The number of aryl methyl sites for hydroxylation is 2. The molecule has 2 aromatic rings. The van der Waals surface area contributed by atoms with Gasteiger partial charge < -0.3 is 4.90 Å². The van der Waals surface area contributed by atoms with Gasteiger partial charge >= 0.3 is 0 Å². The van der Waals surface area contributed by atoms with Gasteiger partial charge in [0, 0.05) is 36.7 Å². The number of carbonyl (C=O) groups excluding carboxylic acids is 1. The Balaban J connectivity index is 1.86. The lowest BCUT2D eigenvalue weighted by molar-refractivity contribution is -0.117. The van der Waals surface area contributed by atoms with Crippen LogP contribution < -0.4 is 4.90 Å². The molecule has 0 saturated carbocycles. The number of anilines is 1. The molecule has 0 N–H and O–H groups in total. The zero-order valence-electron chi connectivity index (χ0n) is 14.8. The summed E-state index contributed by atoms with van der Waals surface area (Å²) in [4.78, 5) is 13.8. The Hall–Kier alpha value is -2.15. The van der Waals surface area contributed by atoms with Gasteiger partial charge in [0.25, 0.3) is 0 Å². The van der Waals surface area contributed by atoms with E-state index in [0.717, 1.165) is 35.2 Å². The van der Waals surface area contributed by atoms with Crippen molar-refractivity contribution in [2.45, 2.75) is 39.3 Å². The van der Waals surface area contributed by atoms with Gasteiger partial charge in [0.05, 0.1) is 18.5 Å². The van der Waals surface area contributed by atoms with Crippen molar-refractivity contribution in [1.29, 1.82) is 0 Å². The molecule has 0 radical (unpaired) electrons. The molecule has 7 heteroatoms. The van der Waals surface area contributed by atoms with Crippen LogP contribution >= 0.6 is 0 Å². The van der Waals surface area contributed by atoms with Gasteiger partial charge in [0.15, 0.2) is 0 Å². The van der Waals surface area contributed by atoms with Crippen LogP contribution in [0.25, 0.3) is 11.1 Å². The average Bonchev–Trinajstić information content (AvgIpc) is 3.00. The highest BCUT2D eigenvalue weighted by molar-refractivity contribution is 7.90. The van der Waals surface area contributed by atoms with Gasteiger partial charge in [-0.05, 0) is 43.0 Å². The smallest absolute Gasteiger partial charge is 0.224 e. The van der Waals surface area contributed by atoms with Crippen molar-refractivity contribution in [3.63, 3.8) is 0 Å². The third-order valence-electron chi connectivity index (χ3n) is 4.61. The van der Waals surface area contributed by atoms with Crippen LogP contribution in [-0.4, -0.2) is 42.2 Å². The molecule has 0 aliphatic carbocycles. The first-order chi connectivity index (χ1) is 11.7.